The summed E-state index contributed by atoms with van der Waals surface area (Å²) in [6.07, 6.45) is 5.65. The number of thiophene rings is 1. The van der Waals surface area contributed by atoms with Gasteiger partial charge in [-0.2, -0.15) is 16.3 Å². The third kappa shape index (κ3) is 3.01. The SMILES string of the molecule is O=C([C@H]1CC=CC[C@@H]1c1nc(-c2ccsc2)no1)N1CCOCC1. The second kappa shape index (κ2) is 6.86. The van der Waals surface area contributed by atoms with Gasteiger partial charge in [0.05, 0.1) is 25.0 Å². The van der Waals surface area contributed by atoms with Crippen LogP contribution in [0.1, 0.15) is 24.7 Å². The summed E-state index contributed by atoms with van der Waals surface area (Å²) in [6.45, 7) is 2.55. The van der Waals surface area contributed by atoms with Crippen LogP contribution in [-0.4, -0.2) is 47.3 Å². The molecule has 0 aromatic carbocycles. The number of nitrogens with zero attached hydrogens (tertiary/aromatic N) is 3. The van der Waals surface area contributed by atoms with Gasteiger partial charge in [0.2, 0.25) is 17.6 Å². The molecule has 2 aromatic heterocycles. The number of carbonyl (C=O) groups excluding carboxylic acids is 1. The summed E-state index contributed by atoms with van der Waals surface area (Å²) < 4.78 is 10.9. The first-order valence-corrected chi connectivity index (χ1v) is 9.15. The van der Waals surface area contributed by atoms with E-state index < -0.39 is 0 Å². The van der Waals surface area contributed by atoms with E-state index >= 15 is 0 Å². The standard InChI is InChI=1S/C17H19N3O3S/c21-17(20-6-8-22-9-7-20)14-4-2-1-3-13(14)16-18-15(19-23-16)12-5-10-24-11-12/h1-2,5,10-11,13-14H,3-4,6-9H2/t13-,14-/m0/s1. The van der Waals surface area contributed by atoms with Crippen LogP contribution in [0.15, 0.2) is 33.5 Å². The monoisotopic (exact) mass is 345 g/mol. The maximum atomic E-state index is 12.9. The van der Waals surface area contributed by atoms with E-state index in [1.807, 2.05) is 21.7 Å². The maximum absolute atomic E-state index is 12.9. The summed E-state index contributed by atoms with van der Waals surface area (Å²) in [5, 5.41) is 8.07. The maximum Gasteiger partial charge on any atom is 0.231 e. The highest BCUT2D eigenvalue weighted by molar-refractivity contribution is 7.08. The second-order valence-electron chi connectivity index (χ2n) is 6.06. The first kappa shape index (κ1) is 15.5. The molecular weight excluding hydrogens is 326 g/mol. The number of amides is 1. The lowest BCUT2D eigenvalue weighted by Gasteiger charge is -2.33. The van der Waals surface area contributed by atoms with E-state index in [2.05, 4.69) is 22.3 Å². The number of rotatable bonds is 3. The lowest BCUT2D eigenvalue weighted by atomic mass is 9.81. The van der Waals surface area contributed by atoms with Crippen molar-refractivity contribution in [1.29, 1.82) is 0 Å². The third-order valence-electron chi connectivity index (χ3n) is 4.61. The molecule has 1 saturated heterocycles. The first-order chi connectivity index (χ1) is 11.8. The van der Waals surface area contributed by atoms with Crippen LogP contribution in [0.25, 0.3) is 11.4 Å². The molecule has 2 aromatic rings. The number of ether oxygens (including phenoxy) is 1. The van der Waals surface area contributed by atoms with Gasteiger partial charge in [-0.3, -0.25) is 4.79 Å². The predicted octanol–water partition coefficient (Wildman–Crippen LogP) is 2.71. The van der Waals surface area contributed by atoms with Crippen LogP contribution in [0.3, 0.4) is 0 Å². The smallest absolute Gasteiger partial charge is 0.231 e. The molecule has 2 aliphatic rings. The van der Waals surface area contributed by atoms with Crippen molar-refractivity contribution in [2.75, 3.05) is 26.3 Å². The molecule has 0 radical (unpaired) electrons. The molecule has 4 rings (SSSR count). The van der Waals surface area contributed by atoms with Crippen LogP contribution < -0.4 is 0 Å². The van der Waals surface area contributed by atoms with Crippen molar-refractivity contribution in [2.45, 2.75) is 18.8 Å². The van der Waals surface area contributed by atoms with E-state index in [1.165, 1.54) is 0 Å². The molecule has 1 amide bonds. The highest BCUT2D eigenvalue weighted by Crippen LogP contribution is 2.36. The van der Waals surface area contributed by atoms with Crippen molar-refractivity contribution in [3.63, 3.8) is 0 Å². The molecule has 1 aliphatic heterocycles. The van der Waals surface area contributed by atoms with Crippen LogP contribution in [0, 0.1) is 5.92 Å². The fourth-order valence-electron chi connectivity index (χ4n) is 3.27. The van der Waals surface area contributed by atoms with Gasteiger partial charge < -0.3 is 14.2 Å². The Morgan fingerprint density at radius 2 is 2.08 bits per heavy atom. The molecule has 6 nitrogen and oxygen atoms in total. The first-order valence-electron chi connectivity index (χ1n) is 8.20. The molecule has 3 heterocycles. The Balaban J connectivity index is 1.56. The molecule has 126 valence electrons. The van der Waals surface area contributed by atoms with Crippen LogP contribution in [-0.2, 0) is 9.53 Å². The predicted molar refractivity (Wildman–Crippen MR) is 89.6 cm³/mol. The van der Waals surface area contributed by atoms with Gasteiger partial charge in [0.25, 0.3) is 0 Å². The number of allylic oxidation sites excluding steroid dienone is 2. The Kier molecular flexibility index (Phi) is 4.44. The van der Waals surface area contributed by atoms with Gasteiger partial charge in [-0.05, 0) is 24.3 Å². The van der Waals surface area contributed by atoms with Gasteiger partial charge in [0.1, 0.15) is 0 Å². The Bertz CT molecular complexity index is 719. The van der Waals surface area contributed by atoms with Gasteiger partial charge in [0, 0.05) is 24.0 Å². The number of aromatic nitrogens is 2. The molecule has 2 atom stereocenters. The summed E-state index contributed by atoms with van der Waals surface area (Å²) in [7, 11) is 0. The van der Waals surface area contributed by atoms with Gasteiger partial charge in [-0.15, -0.1) is 0 Å². The normalized spacial score (nSPS) is 24.2. The van der Waals surface area contributed by atoms with Crippen molar-refractivity contribution in [3.05, 3.63) is 34.9 Å². The fraction of sp³-hybridized carbons (Fsp3) is 0.471. The fourth-order valence-corrected chi connectivity index (χ4v) is 3.91. The summed E-state index contributed by atoms with van der Waals surface area (Å²) in [5.74, 6) is 1.14. The average molecular weight is 345 g/mol. The molecule has 24 heavy (non-hydrogen) atoms. The van der Waals surface area contributed by atoms with Crippen LogP contribution in [0.2, 0.25) is 0 Å². The second-order valence-corrected chi connectivity index (χ2v) is 6.84. The zero-order valence-corrected chi connectivity index (χ0v) is 14.1. The summed E-state index contributed by atoms with van der Waals surface area (Å²) in [6, 6.07) is 1.97. The van der Waals surface area contributed by atoms with Crippen LogP contribution >= 0.6 is 11.3 Å². The van der Waals surface area contributed by atoms with E-state index in [0.29, 0.717) is 38.0 Å². The molecular formula is C17H19N3O3S. The Hall–Kier alpha value is -1.99. The molecule has 7 heteroatoms. The number of hydrogen-bond donors (Lipinski definition) is 0. The summed E-state index contributed by atoms with van der Waals surface area (Å²) in [4.78, 5) is 19.4. The Morgan fingerprint density at radius 3 is 2.88 bits per heavy atom. The zero-order chi connectivity index (χ0) is 16.4. The zero-order valence-electron chi connectivity index (χ0n) is 13.3. The van der Waals surface area contributed by atoms with Gasteiger partial charge in [0.15, 0.2) is 0 Å². The Morgan fingerprint density at radius 1 is 1.25 bits per heavy atom. The van der Waals surface area contributed by atoms with Gasteiger partial charge >= 0.3 is 0 Å². The lowest BCUT2D eigenvalue weighted by molar-refractivity contribution is -0.140. The number of morpholine rings is 1. The van der Waals surface area contributed by atoms with Crippen molar-refractivity contribution in [3.8, 4) is 11.4 Å². The minimum atomic E-state index is -0.135. The van der Waals surface area contributed by atoms with E-state index in [1.54, 1.807) is 11.3 Å². The molecule has 1 aliphatic carbocycles. The molecule has 0 spiro atoms. The molecule has 0 saturated carbocycles. The largest absolute Gasteiger partial charge is 0.378 e. The lowest BCUT2D eigenvalue weighted by Crippen LogP contribution is -2.45. The Labute approximate surface area is 144 Å². The minimum absolute atomic E-state index is 0.0507. The van der Waals surface area contributed by atoms with E-state index in [0.717, 1.165) is 18.4 Å². The highest BCUT2D eigenvalue weighted by Gasteiger charge is 2.36. The summed E-state index contributed by atoms with van der Waals surface area (Å²) >= 11 is 1.60. The topological polar surface area (TPSA) is 68.5 Å². The number of hydrogen-bond acceptors (Lipinski definition) is 6. The third-order valence-corrected chi connectivity index (χ3v) is 5.29. The van der Waals surface area contributed by atoms with Crippen molar-refractivity contribution in [2.24, 2.45) is 5.92 Å². The van der Waals surface area contributed by atoms with Crippen molar-refractivity contribution >= 4 is 17.2 Å². The quantitative estimate of drug-likeness (QED) is 0.800. The minimum Gasteiger partial charge on any atom is -0.378 e. The van der Waals surface area contributed by atoms with E-state index in [4.69, 9.17) is 9.26 Å². The molecule has 1 fully saturated rings. The van der Waals surface area contributed by atoms with Crippen LogP contribution in [0.4, 0.5) is 0 Å². The molecule has 0 N–H and O–H groups in total. The highest BCUT2D eigenvalue weighted by atomic mass is 32.1. The summed E-state index contributed by atoms with van der Waals surface area (Å²) in [5.41, 5.74) is 0.956. The molecule has 0 unspecified atom stereocenters. The van der Waals surface area contributed by atoms with Crippen LogP contribution in [0.5, 0.6) is 0 Å². The molecule has 0 bridgehead atoms. The van der Waals surface area contributed by atoms with Crippen molar-refractivity contribution in [1.82, 2.24) is 15.0 Å². The average Bonchev–Trinajstić information content (AvgIpc) is 3.33. The van der Waals surface area contributed by atoms with Crippen molar-refractivity contribution < 1.29 is 14.1 Å². The van der Waals surface area contributed by atoms with E-state index in [-0.39, 0.29) is 17.7 Å². The van der Waals surface area contributed by atoms with Gasteiger partial charge in [-0.1, -0.05) is 17.3 Å². The van der Waals surface area contributed by atoms with Gasteiger partial charge in [-0.25, -0.2) is 0 Å². The van der Waals surface area contributed by atoms with E-state index in [9.17, 15) is 4.79 Å². The number of carbonyl (C=O) groups is 1.